The van der Waals surface area contributed by atoms with E-state index in [2.05, 4.69) is 6.92 Å². The van der Waals surface area contributed by atoms with Gasteiger partial charge in [-0.15, -0.1) is 0 Å². The molecule has 5 heteroatoms. The van der Waals surface area contributed by atoms with Crippen LogP contribution in [0.15, 0.2) is 0 Å². The number of carboxylic acids is 1. The molecule has 0 bridgehead atoms. The minimum atomic E-state index is -1.31. The molecule has 0 amide bonds. The molecule has 1 fully saturated rings. The van der Waals surface area contributed by atoms with Crippen molar-refractivity contribution in [2.45, 2.75) is 44.8 Å². The predicted molar refractivity (Wildman–Crippen MR) is 62.1 cm³/mol. The molecule has 1 saturated heterocycles. The molecule has 1 aliphatic rings. The number of ether oxygens (including phenoxy) is 3. The summed E-state index contributed by atoms with van der Waals surface area (Å²) in [6.07, 6.45) is 2.45. The van der Waals surface area contributed by atoms with E-state index in [4.69, 9.17) is 14.2 Å². The van der Waals surface area contributed by atoms with Crippen LogP contribution in [-0.2, 0) is 19.0 Å². The highest BCUT2D eigenvalue weighted by Crippen LogP contribution is 2.22. The third-order valence-corrected chi connectivity index (χ3v) is 3.00. The van der Waals surface area contributed by atoms with Gasteiger partial charge in [0.05, 0.1) is 19.8 Å². The molecular weight excluding hydrogens is 224 g/mol. The Bertz CT molecular complexity index is 237. The first-order valence-corrected chi connectivity index (χ1v) is 6.18. The zero-order chi connectivity index (χ0) is 12.7. The molecular formula is C12H22O5. The number of aliphatic carboxylic acids is 1. The van der Waals surface area contributed by atoms with E-state index in [1.165, 1.54) is 0 Å². The average molecular weight is 246 g/mol. The van der Waals surface area contributed by atoms with Gasteiger partial charge in [0, 0.05) is 6.61 Å². The van der Waals surface area contributed by atoms with Crippen molar-refractivity contribution in [3.63, 3.8) is 0 Å². The third kappa shape index (κ3) is 3.94. The molecule has 0 aromatic heterocycles. The van der Waals surface area contributed by atoms with Gasteiger partial charge in [-0.2, -0.15) is 0 Å². The molecule has 0 radical (unpaired) electrons. The number of unbranched alkanes of at least 4 members (excludes halogenated alkanes) is 2. The molecule has 2 unspecified atom stereocenters. The number of rotatable bonds is 7. The highest BCUT2D eigenvalue weighted by Gasteiger charge is 2.44. The van der Waals surface area contributed by atoms with Gasteiger partial charge in [-0.1, -0.05) is 19.8 Å². The number of hydrogen-bond acceptors (Lipinski definition) is 4. The van der Waals surface area contributed by atoms with Crippen molar-refractivity contribution in [1.29, 1.82) is 0 Å². The molecule has 0 spiro atoms. The summed E-state index contributed by atoms with van der Waals surface area (Å²) >= 11 is 0. The summed E-state index contributed by atoms with van der Waals surface area (Å²) in [5, 5.41) is 9.28. The lowest BCUT2D eigenvalue weighted by atomic mass is 9.99. The molecule has 17 heavy (non-hydrogen) atoms. The van der Waals surface area contributed by atoms with Crippen molar-refractivity contribution in [2.24, 2.45) is 0 Å². The summed E-state index contributed by atoms with van der Waals surface area (Å²) in [4.78, 5) is 11.3. The van der Waals surface area contributed by atoms with Gasteiger partial charge in [0.1, 0.15) is 6.10 Å². The number of carbonyl (C=O) groups is 1. The third-order valence-electron chi connectivity index (χ3n) is 3.00. The van der Waals surface area contributed by atoms with Gasteiger partial charge in [-0.05, 0) is 13.3 Å². The highest BCUT2D eigenvalue weighted by atomic mass is 16.6. The standard InChI is InChI=1S/C12H22O5/c1-3-4-5-6-17-12(2,11(13)14)10-9-15-7-8-16-10/h10H,3-9H2,1-2H3,(H,13,14). The zero-order valence-electron chi connectivity index (χ0n) is 10.6. The summed E-state index contributed by atoms with van der Waals surface area (Å²) in [6, 6.07) is 0. The Morgan fingerprint density at radius 3 is 2.76 bits per heavy atom. The Morgan fingerprint density at radius 1 is 1.47 bits per heavy atom. The van der Waals surface area contributed by atoms with Crippen molar-refractivity contribution in [2.75, 3.05) is 26.4 Å². The smallest absolute Gasteiger partial charge is 0.338 e. The Labute approximate surface area is 102 Å². The van der Waals surface area contributed by atoms with Gasteiger partial charge < -0.3 is 19.3 Å². The van der Waals surface area contributed by atoms with Gasteiger partial charge in [-0.25, -0.2) is 4.79 Å². The maximum absolute atomic E-state index is 11.3. The molecule has 1 N–H and O–H groups in total. The van der Waals surface area contributed by atoms with Gasteiger partial charge in [-0.3, -0.25) is 0 Å². The number of hydrogen-bond donors (Lipinski definition) is 1. The lowest BCUT2D eigenvalue weighted by Gasteiger charge is -2.35. The Hall–Kier alpha value is -0.650. The quantitative estimate of drug-likeness (QED) is 0.689. The minimum Gasteiger partial charge on any atom is -0.479 e. The topological polar surface area (TPSA) is 65.0 Å². The minimum absolute atomic E-state index is 0.274. The molecule has 2 atom stereocenters. The predicted octanol–water partition coefficient (Wildman–Crippen LogP) is 1.45. The second-order valence-corrected chi connectivity index (χ2v) is 4.40. The summed E-state index contributed by atoms with van der Waals surface area (Å²) < 4.78 is 16.2. The first-order chi connectivity index (χ1) is 8.11. The van der Waals surface area contributed by atoms with Crippen LogP contribution in [0.5, 0.6) is 0 Å². The molecule has 1 heterocycles. The molecule has 0 aromatic carbocycles. The summed E-state index contributed by atoms with van der Waals surface area (Å²) in [6.45, 7) is 5.30. The van der Waals surface area contributed by atoms with E-state index in [9.17, 15) is 9.90 Å². The van der Waals surface area contributed by atoms with Crippen molar-refractivity contribution in [1.82, 2.24) is 0 Å². The zero-order valence-corrected chi connectivity index (χ0v) is 10.6. The van der Waals surface area contributed by atoms with Gasteiger partial charge >= 0.3 is 5.97 Å². The first-order valence-electron chi connectivity index (χ1n) is 6.18. The fourth-order valence-electron chi connectivity index (χ4n) is 1.73. The van der Waals surface area contributed by atoms with Crippen LogP contribution in [-0.4, -0.2) is 49.2 Å². The van der Waals surface area contributed by atoms with Crippen LogP contribution in [0.25, 0.3) is 0 Å². The van der Waals surface area contributed by atoms with Crippen LogP contribution in [0.1, 0.15) is 33.1 Å². The SMILES string of the molecule is CCCCCOC(C)(C(=O)O)C1COCCO1. The Kier molecular flexibility index (Phi) is 5.88. The lowest BCUT2D eigenvalue weighted by Crippen LogP contribution is -2.54. The number of carboxylic acid groups (broad SMARTS) is 1. The van der Waals surface area contributed by atoms with E-state index in [0.717, 1.165) is 19.3 Å². The molecule has 0 aromatic rings. The molecule has 1 aliphatic heterocycles. The molecule has 0 aliphatic carbocycles. The van der Waals surface area contributed by atoms with Gasteiger partial charge in [0.15, 0.2) is 5.60 Å². The second-order valence-electron chi connectivity index (χ2n) is 4.40. The van der Waals surface area contributed by atoms with E-state index in [0.29, 0.717) is 19.8 Å². The summed E-state index contributed by atoms with van der Waals surface area (Å²) in [7, 11) is 0. The van der Waals surface area contributed by atoms with Crippen molar-refractivity contribution < 1.29 is 24.1 Å². The van der Waals surface area contributed by atoms with Crippen LogP contribution in [0.3, 0.4) is 0 Å². The van der Waals surface area contributed by atoms with Crippen LogP contribution in [0.4, 0.5) is 0 Å². The maximum atomic E-state index is 11.3. The van der Waals surface area contributed by atoms with Crippen molar-refractivity contribution in [3.05, 3.63) is 0 Å². The summed E-state index contributed by atoms with van der Waals surface area (Å²) in [5.41, 5.74) is -1.31. The fraction of sp³-hybridized carbons (Fsp3) is 0.917. The fourth-order valence-corrected chi connectivity index (χ4v) is 1.73. The van der Waals surface area contributed by atoms with E-state index >= 15 is 0 Å². The van der Waals surface area contributed by atoms with Crippen LogP contribution in [0, 0.1) is 0 Å². The van der Waals surface area contributed by atoms with E-state index in [1.807, 2.05) is 0 Å². The molecule has 1 rings (SSSR count). The Morgan fingerprint density at radius 2 is 2.24 bits per heavy atom. The molecule has 0 saturated carbocycles. The molecule has 100 valence electrons. The lowest BCUT2D eigenvalue weighted by molar-refractivity contribution is -0.208. The second kappa shape index (κ2) is 6.93. The van der Waals surface area contributed by atoms with Gasteiger partial charge in [0.25, 0.3) is 0 Å². The average Bonchev–Trinajstić information content (AvgIpc) is 2.35. The largest absolute Gasteiger partial charge is 0.479 e. The highest BCUT2D eigenvalue weighted by molar-refractivity contribution is 5.77. The van der Waals surface area contributed by atoms with Crippen LogP contribution < -0.4 is 0 Å². The van der Waals surface area contributed by atoms with E-state index in [1.54, 1.807) is 6.92 Å². The van der Waals surface area contributed by atoms with E-state index in [-0.39, 0.29) is 6.61 Å². The summed E-state index contributed by atoms with van der Waals surface area (Å²) in [5.74, 6) is -0.996. The van der Waals surface area contributed by atoms with Crippen molar-refractivity contribution >= 4 is 5.97 Å². The van der Waals surface area contributed by atoms with Crippen molar-refractivity contribution in [3.8, 4) is 0 Å². The Balaban J connectivity index is 2.51. The monoisotopic (exact) mass is 246 g/mol. The normalized spacial score (nSPS) is 24.2. The van der Waals surface area contributed by atoms with Gasteiger partial charge in [0.2, 0.25) is 0 Å². The maximum Gasteiger partial charge on any atom is 0.338 e. The first kappa shape index (κ1) is 14.4. The van der Waals surface area contributed by atoms with Crippen LogP contribution in [0.2, 0.25) is 0 Å². The van der Waals surface area contributed by atoms with E-state index < -0.39 is 17.7 Å². The van der Waals surface area contributed by atoms with Crippen LogP contribution >= 0.6 is 0 Å². The molecule has 5 nitrogen and oxygen atoms in total.